The molecule has 2 aromatic heterocycles. The summed E-state index contributed by atoms with van der Waals surface area (Å²) in [4.78, 5) is 7.48. The van der Waals surface area contributed by atoms with Crippen LogP contribution in [0, 0.1) is 13.8 Å². The second-order valence-electron chi connectivity index (χ2n) is 7.66. The second-order valence-corrected chi connectivity index (χ2v) is 7.66. The van der Waals surface area contributed by atoms with Gasteiger partial charge in [-0.3, -0.25) is 0 Å². The van der Waals surface area contributed by atoms with E-state index in [4.69, 9.17) is 19.6 Å². The number of anilines is 1. The summed E-state index contributed by atoms with van der Waals surface area (Å²) < 4.78 is 12.8. The molecule has 0 atom stereocenters. The Bertz CT molecular complexity index is 1040. The van der Waals surface area contributed by atoms with Crippen molar-refractivity contribution in [3.8, 4) is 16.9 Å². The zero-order valence-corrected chi connectivity index (χ0v) is 18.1. The van der Waals surface area contributed by atoms with Crippen molar-refractivity contribution in [2.75, 3.05) is 38.8 Å². The molecule has 0 aliphatic heterocycles. The molecule has 0 radical (unpaired) electrons. The summed E-state index contributed by atoms with van der Waals surface area (Å²) in [6.07, 6.45) is 3.25. The van der Waals surface area contributed by atoms with Crippen molar-refractivity contribution in [2.45, 2.75) is 40.0 Å². The molecule has 0 fully saturated rings. The summed E-state index contributed by atoms with van der Waals surface area (Å²) in [5, 5.41) is 4.97. The molecule has 2 heterocycles. The fraction of sp³-hybridized carbons (Fsp3) is 0.478. The van der Waals surface area contributed by atoms with Crippen molar-refractivity contribution in [1.29, 1.82) is 0 Å². The highest BCUT2D eigenvalue weighted by molar-refractivity contribution is 5.83. The van der Waals surface area contributed by atoms with Gasteiger partial charge >= 0.3 is 0 Å². The van der Waals surface area contributed by atoms with E-state index < -0.39 is 0 Å². The van der Waals surface area contributed by atoms with Gasteiger partial charge in [-0.1, -0.05) is 6.07 Å². The maximum atomic E-state index is 5.39. The van der Waals surface area contributed by atoms with Gasteiger partial charge in [0.2, 0.25) is 0 Å². The van der Waals surface area contributed by atoms with E-state index >= 15 is 0 Å². The van der Waals surface area contributed by atoms with Crippen molar-refractivity contribution in [3.05, 3.63) is 40.7 Å². The van der Waals surface area contributed by atoms with Gasteiger partial charge in [0, 0.05) is 37.0 Å². The number of nitrogens with zero attached hydrogens (tertiary/aromatic N) is 4. The van der Waals surface area contributed by atoms with Gasteiger partial charge in [0.1, 0.15) is 11.6 Å². The van der Waals surface area contributed by atoms with Gasteiger partial charge in [-0.15, -0.1) is 0 Å². The van der Waals surface area contributed by atoms with Crippen molar-refractivity contribution in [3.63, 3.8) is 0 Å². The number of aromatic nitrogens is 3. The third-order valence-electron chi connectivity index (χ3n) is 5.89. The Morgan fingerprint density at radius 3 is 2.69 bits per heavy atom. The summed E-state index contributed by atoms with van der Waals surface area (Å²) in [6.45, 7) is 8.82. The number of hydrogen-bond donors (Lipinski definition) is 0. The van der Waals surface area contributed by atoms with Crippen LogP contribution >= 0.6 is 0 Å². The maximum absolute atomic E-state index is 5.39. The van der Waals surface area contributed by atoms with Crippen LogP contribution in [0.25, 0.3) is 16.8 Å². The monoisotopic (exact) mass is 394 g/mol. The second kappa shape index (κ2) is 8.03. The normalized spacial score (nSPS) is 13.1. The number of fused-ring (bicyclic) bond motifs is 2. The lowest BCUT2D eigenvalue weighted by Crippen LogP contribution is -2.30. The number of benzene rings is 1. The van der Waals surface area contributed by atoms with E-state index in [0.717, 1.165) is 66.1 Å². The van der Waals surface area contributed by atoms with Gasteiger partial charge < -0.3 is 14.4 Å². The van der Waals surface area contributed by atoms with Crippen LogP contribution < -0.4 is 9.64 Å². The topological polar surface area (TPSA) is 51.9 Å². The standard InChI is InChI=1S/C23H30N4O2/c1-6-26(12-13-28-4)23-19-8-7-9-20(19)24-22-21(16(3)25-27(22)23)18-11-10-17(29-5)14-15(18)2/h10-11,14H,6-9,12-13H2,1-5H3. The van der Waals surface area contributed by atoms with E-state index in [2.05, 4.69) is 42.3 Å². The zero-order valence-electron chi connectivity index (χ0n) is 18.1. The van der Waals surface area contributed by atoms with Crippen LogP contribution in [0.4, 0.5) is 5.82 Å². The van der Waals surface area contributed by atoms with Gasteiger partial charge in [0.25, 0.3) is 0 Å². The highest BCUT2D eigenvalue weighted by Gasteiger charge is 2.27. The summed E-state index contributed by atoms with van der Waals surface area (Å²) in [6, 6.07) is 6.20. The van der Waals surface area contributed by atoms with Crippen LogP contribution in [-0.2, 0) is 17.6 Å². The van der Waals surface area contributed by atoms with Crippen LogP contribution in [0.15, 0.2) is 18.2 Å². The molecule has 1 aliphatic rings. The predicted molar refractivity (Wildman–Crippen MR) is 116 cm³/mol. The van der Waals surface area contributed by atoms with Crippen LogP contribution in [-0.4, -0.2) is 48.5 Å². The zero-order chi connectivity index (χ0) is 20.5. The molecular weight excluding hydrogens is 364 g/mol. The number of methoxy groups -OCH3 is 2. The maximum Gasteiger partial charge on any atom is 0.165 e. The van der Waals surface area contributed by atoms with Gasteiger partial charge in [-0.05, 0) is 63.3 Å². The number of rotatable bonds is 7. The Morgan fingerprint density at radius 2 is 2.00 bits per heavy atom. The first-order valence-corrected chi connectivity index (χ1v) is 10.4. The molecule has 0 saturated carbocycles. The fourth-order valence-corrected chi connectivity index (χ4v) is 4.41. The van der Waals surface area contributed by atoms with Gasteiger partial charge in [0.05, 0.1) is 19.4 Å². The quantitative estimate of drug-likeness (QED) is 0.607. The molecule has 1 aromatic carbocycles. The average Bonchev–Trinajstić information content (AvgIpc) is 3.31. The summed E-state index contributed by atoms with van der Waals surface area (Å²) >= 11 is 0. The molecule has 0 bridgehead atoms. The van der Waals surface area contributed by atoms with E-state index in [1.807, 2.05) is 6.07 Å². The minimum atomic E-state index is 0.692. The first-order chi connectivity index (χ1) is 14.1. The Balaban J connectivity index is 1.95. The lowest BCUT2D eigenvalue weighted by atomic mass is 10.0. The highest BCUT2D eigenvalue weighted by atomic mass is 16.5. The smallest absolute Gasteiger partial charge is 0.165 e. The van der Waals surface area contributed by atoms with E-state index in [1.54, 1.807) is 14.2 Å². The van der Waals surface area contributed by atoms with Crippen LogP contribution in [0.1, 0.15) is 35.9 Å². The molecule has 6 heteroatoms. The molecule has 0 N–H and O–H groups in total. The van der Waals surface area contributed by atoms with E-state index in [-0.39, 0.29) is 0 Å². The first-order valence-electron chi connectivity index (χ1n) is 10.4. The van der Waals surface area contributed by atoms with Gasteiger partial charge in [-0.25, -0.2) is 4.98 Å². The van der Waals surface area contributed by atoms with Crippen LogP contribution in [0.3, 0.4) is 0 Å². The molecular formula is C23H30N4O2. The minimum absolute atomic E-state index is 0.692. The first kappa shape index (κ1) is 19.7. The summed E-state index contributed by atoms with van der Waals surface area (Å²) in [7, 11) is 3.45. The van der Waals surface area contributed by atoms with Crippen LogP contribution in [0.5, 0.6) is 5.75 Å². The Labute approximate surface area is 172 Å². The minimum Gasteiger partial charge on any atom is -0.497 e. The predicted octanol–water partition coefficient (Wildman–Crippen LogP) is 3.98. The molecule has 0 saturated heterocycles. The van der Waals surface area contributed by atoms with Crippen LogP contribution in [0.2, 0.25) is 0 Å². The molecule has 0 amide bonds. The number of likely N-dealkylation sites (N-methyl/N-ethyl adjacent to an activating group) is 1. The molecule has 1 aliphatic carbocycles. The number of aryl methyl sites for hydroxylation is 3. The Kier molecular flexibility index (Phi) is 5.46. The molecule has 6 nitrogen and oxygen atoms in total. The van der Waals surface area contributed by atoms with Crippen molar-refractivity contribution in [1.82, 2.24) is 14.6 Å². The summed E-state index contributed by atoms with van der Waals surface area (Å²) in [5.74, 6) is 2.05. The third-order valence-corrected chi connectivity index (χ3v) is 5.89. The van der Waals surface area contributed by atoms with Gasteiger partial charge in [0.15, 0.2) is 5.65 Å². The SMILES string of the molecule is CCN(CCOC)c1c2c(nc3c(-c4ccc(OC)cc4C)c(C)nn13)CCC2. The molecule has 0 spiro atoms. The molecule has 0 unspecified atom stereocenters. The van der Waals surface area contributed by atoms with E-state index in [9.17, 15) is 0 Å². The lowest BCUT2D eigenvalue weighted by molar-refractivity contribution is 0.205. The highest BCUT2D eigenvalue weighted by Crippen LogP contribution is 2.37. The molecule has 3 aromatic rings. The van der Waals surface area contributed by atoms with E-state index in [1.165, 1.54) is 17.1 Å². The fourth-order valence-electron chi connectivity index (χ4n) is 4.41. The van der Waals surface area contributed by atoms with Crippen molar-refractivity contribution in [2.24, 2.45) is 0 Å². The largest absolute Gasteiger partial charge is 0.497 e. The molecule has 4 rings (SSSR count). The van der Waals surface area contributed by atoms with Gasteiger partial charge in [-0.2, -0.15) is 9.61 Å². The van der Waals surface area contributed by atoms with E-state index in [0.29, 0.717) is 6.61 Å². The third kappa shape index (κ3) is 3.35. The van der Waals surface area contributed by atoms with Crippen molar-refractivity contribution < 1.29 is 9.47 Å². The summed E-state index contributed by atoms with van der Waals surface area (Å²) in [5.41, 5.74) is 7.95. The van der Waals surface area contributed by atoms with Crippen molar-refractivity contribution >= 4 is 11.5 Å². The number of ether oxygens (including phenoxy) is 2. The molecule has 29 heavy (non-hydrogen) atoms. The number of hydrogen-bond acceptors (Lipinski definition) is 5. The lowest BCUT2D eigenvalue weighted by Gasteiger charge is -2.25. The molecule has 154 valence electrons. The Morgan fingerprint density at radius 1 is 1.17 bits per heavy atom. The Hall–Kier alpha value is -2.60. The average molecular weight is 395 g/mol.